The van der Waals surface area contributed by atoms with E-state index in [9.17, 15) is 4.79 Å². The fraction of sp³-hybridized carbons (Fsp3) is 0.588. The Kier molecular flexibility index (Phi) is 5.62. The molecule has 0 aromatic heterocycles. The van der Waals surface area contributed by atoms with Crippen LogP contribution in [0.15, 0.2) is 30.3 Å². The second-order valence-electron chi connectivity index (χ2n) is 6.20. The molecule has 1 aromatic rings. The van der Waals surface area contributed by atoms with E-state index in [2.05, 4.69) is 27.3 Å². The maximum absolute atomic E-state index is 11.9. The van der Waals surface area contributed by atoms with E-state index in [4.69, 9.17) is 0 Å². The van der Waals surface area contributed by atoms with E-state index in [1.165, 1.54) is 43.9 Å². The van der Waals surface area contributed by atoms with E-state index in [0.29, 0.717) is 5.92 Å². The summed E-state index contributed by atoms with van der Waals surface area (Å²) in [4.78, 5) is 14.5. The number of thioether (sulfide) groups is 1. The van der Waals surface area contributed by atoms with Gasteiger partial charge in [0.25, 0.3) is 0 Å². The third-order valence-corrected chi connectivity index (χ3v) is 5.80. The van der Waals surface area contributed by atoms with Gasteiger partial charge >= 0.3 is 6.03 Å². The Morgan fingerprint density at radius 1 is 1.18 bits per heavy atom. The van der Waals surface area contributed by atoms with Gasteiger partial charge in [0.15, 0.2) is 0 Å². The van der Waals surface area contributed by atoms with Gasteiger partial charge in [0.2, 0.25) is 0 Å². The smallest absolute Gasteiger partial charge is 0.319 e. The van der Waals surface area contributed by atoms with Gasteiger partial charge in [-0.3, -0.25) is 4.90 Å². The first-order valence-electron chi connectivity index (χ1n) is 8.23. The molecule has 2 saturated heterocycles. The van der Waals surface area contributed by atoms with Crippen LogP contribution < -0.4 is 10.6 Å². The van der Waals surface area contributed by atoms with Crippen molar-refractivity contribution in [1.82, 2.24) is 10.2 Å². The molecule has 0 unspecified atom stereocenters. The monoisotopic (exact) mass is 319 g/mol. The number of likely N-dealkylation sites (tertiary alicyclic amines) is 1. The predicted molar refractivity (Wildman–Crippen MR) is 93.5 cm³/mol. The van der Waals surface area contributed by atoms with Gasteiger partial charge in [-0.25, -0.2) is 4.79 Å². The Hall–Kier alpha value is -1.20. The molecule has 3 rings (SSSR count). The number of hydrogen-bond acceptors (Lipinski definition) is 3. The molecule has 5 heteroatoms. The molecule has 1 atom stereocenters. The van der Waals surface area contributed by atoms with Crippen LogP contribution in [-0.4, -0.2) is 48.1 Å². The summed E-state index contributed by atoms with van der Waals surface area (Å²) < 4.78 is 0. The molecule has 22 heavy (non-hydrogen) atoms. The summed E-state index contributed by atoms with van der Waals surface area (Å²) in [5, 5.41) is 5.88. The number of nitrogens with one attached hydrogen (secondary N) is 2. The van der Waals surface area contributed by atoms with E-state index in [1.54, 1.807) is 0 Å². The average Bonchev–Trinajstić information content (AvgIpc) is 3.09. The van der Waals surface area contributed by atoms with E-state index < -0.39 is 0 Å². The Bertz CT molecular complexity index is 468. The molecule has 2 N–H and O–H groups in total. The van der Waals surface area contributed by atoms with Crippen LogP contribution >= 0.6 is 11.8 Å². The van der Waals surface area contributed by atoms with Crippen molar-refractivity contribution in [3.63, 3.8) is 0 Å². The Morgan fingerprint density at radius 2 is 1.95 bits per heavy atom. The van der Waals surface area contributed by atoms with Gasteiger partial charge in [-0.2, -0.15) is 11.8 Å². The van der Waals surface area contributed by atoms with E-state index in [0.717, 1.165) is 18.3 Å². The number of piperidine rings is 1. The fourth-order valence-electron chi connectivity index (χ4n) is 3.27. The van der Waals surface area contributed by atoms with Gasteiger partial charge in [0, 0.05) is 24.0 Å². The highest BCUT2D eigenvalue weighted by Gasteiger charge is 2.27. The SMILES string of the molecule is O=C(NCC1CCN([C@@H]2CCSC2)CC1)Nc1ccccc1. The first kappa shape index (κ1) is 15.7. The first-order valence-corrected chi connectivity index (χ1v) is 9.38. The van der Waals surface area contributed by atoms with Crippen LogP contribution in [0, 0.1) is 5.92 Å². The number of hydrogen-bond donors (Lipinski definition) is 2. The second-order valence-corrected chi connectivity index (χ2v) is 7.35. The summed E-state index contributed by atoms with van der Waals surface area (Å²) in [6.07, 6.45) is 3.76. The van der Waals surface area contributed by atoms with Crippen LogP contribution in [0.25, 0.3) is 0 Å². The molecule has 0 aliphatic carbocycles. The minimum Gasteiger partial charge on any atom is -0.338 e. The summed E-state index contributed by atoms with van der Waals surface area (Å²) in [7, 11) is 0. The molecule has 2 aliphatic heterocycles. The summed E-state index contributed by atoms with van der Waals surface area (Å²) >= 11 is 2.08. The van der Waals surface area contributed by atoms with E-state index in [-0.39, 0.29) is 6.03 Å². The van der Waals surface area contributed by atoms with Crippen molar-refractivity contribution < 1.29 is 4.79 Å². The van der Waals surface area contributed by atoms with Crippen LogP contribution in [0.5, 0.6) is 0 Å². The standard InChI is InChI=1S/C17H25N3OS/c21-17(19-15-4-2-1-3-5-15)18-12-14-6-9-20(10-7-14)16-8-11-22-13-16/h1-5,14,16H,6-13H2,(H2,18,19,21)/t16-/m1/s1. The molecule has 2 aliphatic rings. The fourth-order valence-corrected chi connectivity index (χ4v) is 4.52. The Balaban J connectivity index is 1.35. The number of amides is 2. The molecule has 2 amide bonds. The van der Waals surface area contributed by atoms with E-state index in [1.807, 2.05) is 30.3 Å². The van der Waals surface area contributed by atoms with Crippen LogP contribution in [0.3, 0.4) is 0 Å². The van der Waals surface area contributed by atoms with E-state index >= 15 is 0 Å². The number of para-hydroxylation sites is 1. The lowest BCUT2D eigenvalue weighted by atomic mass is 9.95. The highest BCUT2D eigenvalue weighted by molar-refractivity contribution is 7.99. The molecule has 0 radical (unpaired) electrons. The van der Waals surface area contributed by atoms with Crippen molar-refractivity contribution in [2.24, 2.45) is 5.92 Å². The minimum atomic E-state index is -0.0965. The van der Waals surface area contributed by atoms with Crippen LogP contribution in [0.1, 0.15) is 19.3 Å². The number of carbonyl (C=O) groups excluding carboxylic acids is 1. The molecule has 4 nitrogen and oxygen atoms in total. The molecule has 1 aromatic carbocycles. The van der Waals surface area contributed by atoms with Crippen molar-refractivity contribution in [1.29, 1.82) is 0 Å². The highest BCUT2D eigenvalue weighted by Crippen LogP contribution is 2.26. The summed E-state index contributed by atoms with van der Waals surface area (Å²) in [5.74, 6) is 3.25. The van der Waals surface area contributed by atoms with Crippen LogP contribution in [0.2, 0.25) is 0 Å². The van der Waals surface area contributed by atoms with Crippen molar-refractivity contribution in [3.8, 4) is 0 Å². The molecular formula is C17H25N3OS. The molecule has 2 heterocycles. The van der Waals surface area contributed by atoms with Gasteiger partial charge in [-0.15, -0.1) is 0 Å². The number of urea groups is 1. The number of anilines is 1. The normalized spacial score (nSPS) is 23.4. The molecule has 120 valence electrons. The zero-order valence-corrected chi connectivity index (χ0v) is 13.8. The molecular weight excluding hydrogens is 294 g/mol. The van der Waals surface area contributed by atoms with Gasteiger partial charge in [0.1, 0.15) is 0 Å². The number of nitrogens with zero attached hydrogens (tertiary/aromatic N) is 1. The molecule has 0 saturated carbocycles. The lowest BCUT2D eigenvalue weighted by molar-refractivity contribution is 0.143. The zero-order chi connectivity index (χ0) is 15.2. The average molecular weight is 319 g/mol. The lowest BCUT2D eigenvalue weighted by Crippen LogP contribution is -2.44. The number of carbonyl (C=O) groups is 1. The maximum Gasteiger partial charge on any atom is 0.319 e. The largest absolute Gasteiger partial charge is 0.338 e. The predicted octanol–water partition coefficient (Wildman–Crippen LogP) is 3.03. The van der Waals surface area contributed by atoms with Crippen LogP contribution in [-0.2, 0) is 0 Å². The number of benzene rings is 1. The van der Waals surface area contributed by atoms with Gasteiger partial charge in [-0.05, 0) is 56.2 Å². The first-order chi connectivity index (χ1) is 10.8. The second kappa shape index (κ2) is 7.88. The third-order valence-electron chi connectivity index (χ3n) is 4.65. The topological polar surface area (TPSA) is 44.4 Å². The Labute approximate surface area is 137 Å². The summed E-state index contributed by atoms with van der Waals surface area (Å²) in [5.41, 5.74) is 0.841. The summed E-state index contributed by atoms with van der Waals surface area (Å²) in [6, 6.07) is 10.3. The maximum atomic E-state index is 11.9. The van der Waals surface area contributed by atoms with Crippen molar-refractivity contribution in [2.75, 3.05) is 36.5 Å². The van der Waals surface area contributed by atoms with Gasteiger partial charge in [0.05, 0.1) is 0 Å². The Morgan fingerprint density at radius 3 is 2.64 bits per heavy atom. The number of rotatable bonds is 4. The molecule has 0 spiro atoms. The zero-order valence-electron chi connectivity index (χ0n) is 13.0. The molecule has 0 bridgehead atoms. The van der Waals surface area contributed by atoms with Gasteiger partial charge < -0.3 is 10.6 Å². The lowest BCUT2D eigenvalue weighted by Gasteiger charge is -2.35. The molecule has 2 fully saturated rings. The van der Waals surface area contributed by atoms with Crippen molar-refractivity contribution >= 4 is 23.5 Å². The summed E-state index contributed by atoms with van der Waals surface area (Å²) in [6.45, 7) is 3.17. The van der Waals surface area contributed by atoms with Gasteiger partial charge in [-0.1, -0.05) is 18.2 Å². The quantitative estimate of drug-likeness (QED) is 0.896. The highest BCUT2D eigenvalue weighted by atomic mass is 32.2. The van der Waals surface area contributed by atoms with Crippen LogP contribution in [0.4, 0.5) is 10.5 Å². The van der Waals surface area contributed by atoms with Crippen molar-refractivity contribution in [2.45, 2.75) is 25.3 Å². The minimum absolute atomic E-state index is 0.0965. The third kappa shape index (κ3) is 4.40. The van der Waals surface area contributed by atoms with Crippen molar-refractivity contribution in [3.05, 3.63) is 30.3 Å².